The molecule has 7 fully saturated rings. The maximum atomic E-state index is 14.9. The molecular weight excluding hydrogens is 1500 g/mol. The molecule has 596 valence electrons. The molecule has 4 saturated carbocycles. The third-order valence-corrected chi connectivity index (χ3v) is 28.1. The SMILES string of the molecule is Cc1ncsc1-c1ccc([C@H](CC(=O)NCCCCC(=O)N2CCN(CC[C@H](CSc3ccccc3)Nc3ccc(S(=O)(=O)NC(=O)c4ccc(N5CCN(CC6=C(C78CC(C)(C7)C8)CC(C)(C)CC6)CC5)cc4)cc3S(=O)(=O)C(F)(F)F)CC2)NC(=O)[C@@H]2C[C@@H](O)CN2C(=O)[C@@H](NC(=O)C2(F)CC2)C(C)(C)C)cc1. The van der Waals surface area contributed by atoms with Crippen molar-refractivity contribution in [3.05, 3.63) is 131 Å². The first-order valence-electron chi connectivity index (χ1n) is 38.2. The number of thioether (sulfide) groups is 1. The topological polar surface area (TPSA) is 280 Å². The zero-order valence-corrected chi connectivity index (χ0v) is 66.9. The van der Waals surface area contributed by atoms with Crippen LogP contribution in [-0.2, 0) is 43.8 Å². The van der Waals surface area contributed by atoms with Crippen LogP contribution in [0.1, 0.15) is 159 Å². The first kappa shape index (κ1) is 82.0. The number of carbonyl (C=O) groups excluding carboxylic acids is 6. The summed E-state index contributed by atoms with van der Waals surface area (Å²) in [6.07, 6.45) is 7.44. The van der Waals surface area contributed by atoms with Crippen molar-refractivity contribution in [2.24, 2.45) is 21.7 Å². The molecule has 5 aliphatic carbocycles. The number of aliphatic hydroxyl groups is 1. The molecule has 0 spiro atoms. The average molecular weight is 1600 g/mol. The number of aliphatic hydroxyl groups excluding tert-OH is 1. The molecule has 6 amide bonds. The van der Waals surface area contributed by atoms with E-state index in [1.165, 1.54) is 72.2 Å². The molecule has 13 rings (SSSR count). The first-order chi connectivity index (χ1) is 51.9. The van der Waals surface area contributed by atoms with Crippen LogP contribution in [0.15, 0.2) is 128 Å². The van der Waals surface area contributed by atoms with Crippen molar-refractivity contribution in [1.29, 1.82) is 0 Å². The third-order valence-electron chi connectivity index (χ3n) is 23.1. The summed E-state index contributed by atoms with van der Waals surface area (Å²) >= 11 is 2.85. The summed E-state index contributed by atoms with van der Waals surface area (Å²) in [6.45, 7) is 20.4. The van der Waals surface area contributed by atoms with Gasteiger partial charge < -0.3 is 41.1 Å². The van der Waals surface area contributed by atoms with E-state index in [1.54, 1.807) is 66.6 Å². The van der Waals surface area contributed by atoms with Gasteiger partial charge in [-0.1, -0.05) is 95.2 Å². The monoisotopic (exact) mass is 1600 g/mol. The van der Waals surface area contributed by atoms with Crippen LogP contribution in [0, 0.1) is 28.6 Å². The van der Waals surface area contributed by atoms with Crippen molar-refractivity contribution in [2.45, 2.75) is 194 Å². The van der Waals surface area contributed by atoms with Crippen molar-refractivity contribution >= 4 is 89.8 Å². The molecule has 8 aliphatic rings. The number of benzene rings is 4. The lowest BCUT2D eigenvalue weighted by atomic mass is 9.33. The number of rotatable bonds is 30. The quantitative estimate of drug-likeness (QED) is 0.0108. The number of nitrogens with one attached hydrogen (secondary N) is 5. The number of nitrogens with zero attached hydrogens (tertiary/aromatic N) is 6. The number of aryl methyl sites for hydroxylation is 1. The summed E-state index contributed by atoms with van der Waals surface area (Å²) in [6, 6.07) is 21.3. The van der Waals surface area contributed by atoms with Gasteiger partial charge in [-0.15, -0.1) is 23.1 Å². The predicted molar refractivity (Wildman–Crippen MR) is 416 cm³/mol. The fourth-order valence-corrected chi connectivity index (χ4v) is 20.6. The lowest BCUT2D eigenvalue weighted by Gasteiger charge is -2.72. The molecule has 4 heterocycles. The minimum Gasteiger partial charge on any atom is -0.391 e. The van der Waals surface area contributed by atoms with Gasteiger partial charge in [-0.2, -0.15) is 13.2 Å². The van der Waals surface area contributed by atoms with Crippen LogP contribution in [0.4, 0.5) is 28.9 Å². The molecule has 22 nitrogen and oxygen atoms in total. The standard InChI is InChI=1S/C80H103F4N11O11S4/c1-52-69(108-51-86-52)54-18-16-53(17-19-54)64(88-72(100)65-41-59(96)46-95(65)73(101)70(75(2,3)4)89-74(102)79(81)29-30-79)43-67(97)85-31-12-11-15-68(98)94-39-33-91(34-40-94)32-27-57(47-107-60-13-9-8-10-14-60)87-63-25-24-61(42-66(63)109(103,104)80(82,83)84)110(105,106)90-71(99)55-20-22-58(23-21-55)93-37-35-92(36-38-93)45-56-26-28-76(5,6)44-62(56)78-48-77(7,49-78)50-78/h8-10,13-14,16-25,42,51,57,59,64-65,70,87,96H,11-12,15,26-41,43-50H2,1-7H3,(H,85,97)(H,88,100)(H,89,102)(H,90,99)/t57-,59-,64+,65+,70-,77?,78?/m1/s1. The third kappa shape index (κ3) is 19.2. The number of carbonyl (C=O) groups is 6. The van der Waals surface area contributed by atoms with Crippen LogP contribution in [-0.4, -0.2) is 202 Å². The summed E-state index contributed by atoms with van der Waals surface area (Å²) in [5, 5.41) is 22.3. The van der Waals surface area contributed by atoms with E-state index in [1.807, 2.05) is 54.1 Å². The Kier molecular flexibility index (Phi) is 24.5. The number of halogens is 4. The maximum absolute atomic E-state index is 14.9. The number of unbranched alkanes of at least 4 members (excludes halogenated alkanes) is 1. The minimum absolute atomic E-state index is 0.0285. The van der Waals surface area contributed by atoms with E-state index >= 15 is 0 Å². The molecule has 2 bridgehead atoms. The van der Waals surface area contributed by atoms with Gasteiger partial charge in [0.1, 0.15) is 17.0 Å². The van der Waals surface area contributed by atoms with Gasteiger partial charge in [-0.25, -0.2) is 30.9 Å². The molecule has 5 aromatic rings. The normalized spacial score (nSPS) is 22.9. The lowest BCUT2D eigenvalue weighted by Crippen LogP contribution is -2.61. The number of piperazine rings is 2. The second kappa shape index (κ2) is 32.9. The van der Waals surface area contributed by atoms with Crippen molar-refractivity contribution in [2.75, 3.05) is 94.5 Å². The number of aromatic nitrogens is 1. The zero-order chi connectivity index (χ0) is 78.9. The molecule has 0 radical (unpaired) electrons. The van der Waals surface area contributed by atoms with Crippen molar-refractivity contribution in [1.82, 2.24) is 45.3 Å². The first-order valence-corrected chi connectivity index (χ1v) is 43.0. The highest BCUT2D eigenvalue weighted by atomic mass is 32.2. The van der Waals surface area contributed by atoms with E-state index < -0.39 is 112 Å². The van der Waals surface area contributed by atoms with E-state index in [4.69, 9.17) is 0 Å². The van der Waals surface area contributed by atoms with Gasteiger partial charge in [0.2, 0.25) is 23.6 Å². The van der Waals surface area contributed by atoms with Gasteiger partial charge >= 0.3 is 5.51 Å². The number of allylic oxidation sites excluding steroid dienone is 1. The number of hydrogen-bond donors (Lipinski definition) is 6. The number of sulfone groups is 1. The molecule has 6 N–H and O–H groups in total. The summed E-state index contributed by atoms with van der Waals surface area (Å²) in [5.41, 5.74) is 0.177. The fraction of sp³-hybridized carbons (Fsp3) is 0.562. The van der Waals surface area contributed by atoms with Gasteiger partial charge in [0.05, 0.1) is 45.2 Å². The summed E-state index contributed by atoms with van der Waals surface area (Å²) < 4.78 is 116. The molecule has 110 heavy (non-hydrogen) atoms. The van der Waals surface area contributed by atoms with Crippen molar-refractivity contribution in [3.8, 4) is 10.4 Å². The van der Waals surface area contributed by atoms with Crippen molar-refractivity contribution in [3.63, 3.8) is 0 Å². The Labute approximate surface area is 651 Å². The average Bonchev–Trinajstić information content (AvgIpc) is 0.717. The largest absolute Gasteiger partial charge is 0.501 e. The summed E-state index contributed by atoms with van der Waals surface area (Å²) in [4.78, 5) is 96.3. The molecule has 1 aromatic heterocycles. The Morgan fingerprint density at radius 2 is 1.47 bits per heavy atom. The van der Waals surface area contributed by atoms with Crippen molar-refractivity contribution < 1.29 is 68.3 Å². The molecule has 5 atom stereocenters. The van der Waals surface area contributed by atoms with Crippen LogP contribution in [0.3, 0.4) is 0 Å². The van der Waals surface area contributed by atoms with E-state index in [-0.39, 0.29) is 68.8 Å². The maximum Gasteiger partial charge on any atom is 0.501 e. The van der Waals surface area contributed by atoms with Gasteiger partial charge in [-0.3, -0.25) is 38.6 Å². The predicted octanol–water partition coefficient (Wildman–Crippen LogP) is 11.0. The second-order valence-corrected chi connectivity index (χ2v) is 39.0. The van der Waals surface area contributed by atoms with Crippen LogP contribution in [0.2, 0.25) is 0 Å². The Morgan fingerprint density at radius 3 is 2.10 bits per heavy atom. The van der Waals surface area contributed by atoms with E-state index in [0.717, 1.165) is 78.0 Å². The fourth-order valence-electron chi connectivity index (χ4n) is 16.7. The van der Waals surface area contributed by atoms with Crippen LogP contribution >= 0.6 is 23.1 Å². The van der Waals surface area contributed by atoms with E-state index in [0.29, 0.717) is 73.4 Å². The number of anilines is 2. The molecule has 3 aliphatic heterocycles. The van der Waals surface area contributed by atoms with Gasteiger partial charge in [-0.05, 0) is 165 Å². The minimum atomic E-state index is -6.19. The molecule has 30 heteroatoms. The van der Waals surface area contributed by atoms with Gasteiger partial charge in [0.25, 0.3) is 31.7 Å². The number of likely N-dealkylation sites (tertiary alicyclic amines) is 1. The Morgan fingerprint density at radius 1 is 0.800 bits per heavy atom. The highest BCUT2D eigenvalue weighted by Crippen LogP contribution is 2.77. The Balaban J connectivity index is 0.623. The number of alkyl halides is 4. The highest BCUT2D eigenvalue weighted by molar-refractivity contribution is 7.99. The summed E-state index contributed by atoms with van der Waals surface area (Å²) in [7, 11) is -11.1. The highest BCUT2D eigenvalue weighted by Gasteiger charge is 2.67. The second-order valence-electron chi connectivity index (χ2n) is 33.5. The number of amides is 6. The number of hydrogen-bond acceptors (Lipinski definition) is 18. The number of thiazole rings is 1. The summed E-state index contributed by atoms with van der Waals surface area (Å²) in [5.74, 6) is -3.50. The van der Waals surface area contributed by atoms with E-state index in [9.17, 15) is 68.3 Å². The van der Waals surface area contributed by atoms with Crippen LogP contribution in [0.25, 0.3) is 10.4 Å². The molecule has 0 unspecified atom stereocenters. The van der Waals surface area contributed by atoms with Crippen LogP contribution < -0.4 is 30.9 Å². The van der Waals surface area contributed by atoms with E-state index in [2.05, 4.69) is 61.7 Å². The number of β-amino-alcohol motifs (C(OH)–C–C–N with tert-alkyl or cyclic N) is 1. The van der Waals surface area contributed by atoms with Gasteiger partial charge in [0, 0.05) is 119 Å². The number of sulfonamides is 1. The van der Waals surface area contributed by atoms with Gasteiger partial charge in [0.15, 0.2) is 5.67 Å². The van der Waals surface area contributed by atoms with Crippen LogP contribution in [0.5, 0.6) is 0 Å². The Bertz CT molecular complexity index is 4460. The molecular formula is C80H103F4N11O11S4. The smallest absolute Gasteiger partial charge is 0.391 e. The molecule has 3 saturated heterocycles. The zero-order valence-electron chi connectivity index (χ0n) is 63.7. The lowest BCUT2D eigenvalue weighted by molar-refractivity contribution is -0.167. The Hall–Kier alpha value is -7.48. The molecule has 4 aromatic carbocycles.